The Morgan fingerprint density at radius 2 is 2.00 bits per heavy atom. The van der Waals surface area contributed by atoms with Gasteiger partial charge < -0.3 is 14.6 Å². The van der Waals surface area contributed by atoms with Crippen LogP contribution < -0.4 is 10.3 Å². The van der Waals surface area contributed by atoms with E-state index in [-0.39, 0.29) is 23.7 Å². The zero-order valence-electron chi connectivity index (χ0n) is 17.0. The number of methoxy groups -OCH3 is 1. The SMILES string of the molecule is CCN(Cc1nc2cc(Cl)ccc2c(=O)[nH]1)C(=O)c1nn(-c2ccccc2)cc1OC. The van der Waals surface area contributed by atoms with Crippen molar-refractivity contribution in [3.63, 3.8) is 0 Å². The maximum Gasteiger partial charge on any atom is 0.278 e. The molecule has 0 fully saturated rings. The third-order valence-corrected chi connectivity index (χ3v) is 5.09. The van der Waals surface area contributed by atoms with E-state index in [4.69, 9.17) is 16.3 Å². The zero-order chi connectivity index (χ0) is 22.0. The molecule has 0 atom stereocenters. The van der Waals surface area contributed by atoms with Crippen molar-refractivity contribution < 1.29 is 9.53 Å². The predicted molar refractivity (Wildman–Crippen MR) is 118 cm³/mol. The number of benzene rings is 2. The number of halogens is 1. The minimum atomic E-state index is -0.331. The summed E-state index contributed by atoms with van der Waals surface area (Å²) in [6.45, 7) is 2.33. The summed E-state index contributed by atoms with van der Waals surface area (Å²) in [4.78, 5) is 34.4. The predicted octanol–water partition coefficient (Wildman–Crippen LogP) is 3.43. The van der Waals surface area contributed by atoms with E-state index in [0.29, 0.717) is 34.0 Å². The number of nitrogens with zero attached hydrogens (tertiary/aromatic N) is 4. The monoisotopic (exact) mass is 437 g/mol. The number of aromatic nitrogens is 4. The largest absolute Gasteiger partial charge is 0.493 e. The van der Waals surface area contributed by atoms with Gasteiger partial charge in [-0.3, -0.25) is 9.59 Å². The molecule has 0 aliphatic carbocycles. The molecule has 0 spiro atoms. The number of aromatic amines is 1. The average molecular weight is 438 g/mol. The number of nitrogens with one attached hydrogen (secondary N) is 1. The molecule has 9 heteroatoms. The molecule has 0 aliphatic rings. The summed E-state index contributed by atoms with van der Waals surface area (Å²) < 4.78 is 6.98. The van der Waals surface area contributed by atoms with Gasteiger partial charge in [0.15, 0.2) is 11.4 Å². The van der Waals surface area contributed by atoms with Crippen LogP contribution >= 0.6 is 11.6 Å². The van der Waals surface area contributed by atoms with Crippen LogP contribution in [0.15, 0.2) is 59.5 Å². The second kappa shape index (κ2) is 8.61. The smallest absolute Gasteiger partial charge is 0.278 e. The van der Waals surface area contributed by atoms with Gasteiger partial charge in [-0.1, -0.05) is 29.8 Å². The lowest BCUT2D eigenvalue weighted by Gasteiger charge is -2.19. The van der Waals surface area contributed by atoms with Crippen LogP contribution in [-0.2, 0) is 6.54 Å². The summed E-state index contributed by atoms with van der Waals surface area (Å²) in [6.07, 6.45) is 1.66. The number of rotatable bonds is 6. The summed E-state index contributed by atoms with van der Waals surface area (Å²) in [6, 6.07) is 14.3. The number of fused-ring (bicyclic) bond motifs is 1. The molecular weight excluding hydrogens is 418 g/mol. The minimum Gasteiger partial charge on any atom is -0.493 e. The van der Waals surface area contributed by atoms with Crippen molar-refractivity contribution in [1.82, 2.24) is 24.6 Å². The van der Waals surface area contributed by atoms with Crippen LogP contribution in [0.5, 0.6) is 5.75 Å². The Morgan fingerprint density at radius 1 is 1.23 bits per heavy atom. The van der Waals surface area contributed by atoms with E-state index < -0.39 is 0 Å². The van der Waals surface area contributed by atoms with Crippen LogP contribution in [0.2, 0.25) is 5.02 Å². The van der Waals surface area contributed by atoms with Gasteiger partial charge in [-0.25, -0.2) is 9.67 Å². The Labute approximate surface area is 183 Å². The summed E-state index contributed by atoms with van der Waals surface area (Å²) in [7, 11) is 1.49. The first-order valence-electron chi connectivity index (χ1n) is 9.67. The van der Waals surface area contributed by atoms with Crippen LogP contribution in [0.3, 0.4) is 0 Å². The topological polar surface area (TPSA) is 93.1 Å². The van der Waals surface area contributed by atoms with Crippen molar-refractivity contribution in [3.8, 4) is 11.4 Å². The van der Waals surface area contributed by atoms with E-state index in [0.717, 1.165) is 5.69 Å². The zero-order valence-corrected chi connectivity index (χ0v) is 17.8. The number of H-pyrrole nitrogens is 1. The molecule has 0 unspecified atom stereocenters. The van der Waals surface area contributed by atoms with Crippen LogP contribution in [0.25, 0.3) is 16.6 Å². The third kappa shape index (κ3) is 4.15. The van der Waals surface area contributed by atoms with Gasteiger partial charge >= 0.3 is 0 Å². The van der Waals surface area contributed by atoms with Crippen molar-refractivity contribution in [2.45, 2.75) is 13.5 Å². The summed E-state index contributed by atoms with van der Waals surface area (Å²) in [5.74, 6) is 0.387. The van der Waals surface area contributed by atoms with E-state index in [9.17, 15) is 9.59 Å². The lowest BCUT2D eigenvalue weighted by Crippen LogP contribution is -2.32. The van der Waals surface area contributed by atoms with Crippen molar-refractivity contribution in [2.75, 3.05) is 13.7 Å². The molecule has 31 heavy (non-hydrogen) atoms. The molecule has 4 aromatic rings. The first-order valence-corrected chi connectivity index (χ1v) is 10.0. The molecule has 8 nitrogen and oxygen atoms in total. The van der Waals surface area contributed by atoms with Gasteiger partial charge in [-0.2, -0.15) is 5.10 Å². The second-order valence-electron chi connectivity index (χ2n) is 6.82. The van der Waals surface area contributed by atoms with Crippen molar-refractivity contribution in [3.05, 3.63) is 81.6 Å². The first kappa shape index (κ1) is 20.6. The van der Waals surface area contributed by atoms with Gasteiger partial charge in [0, 0.05) is 11.6 Å². The number of hydrogen-bond acceptors (Lipinski definition) is 5. The molecule has 158 valence electrons. The lowest BCUT2D eigenvalue weighted by atomic mass is 10.2. The number of hydrogen-bond donors (Lipinski definition) is 1. The molecule has 0 bridgehead atoms. The maximum absolute atomic E-state index is 13.2. The molecular formula is C22H20ClN5O3. The highest BCUT2D eigenvalue weighted by Gasteiger charge is 2.24. The Balaban J connectivity index is 1.66. The third-order valence-electron chi connectivity index (χ3n) is 4.85. The van der Waals surface area contributed by atoms with E-state index in [1.54, 1.807) is 29.1 Å². The van der Waals surface area contributed by atoms with Gasteiger partial charge in [-0.05, 0) is 37.3 Å². The number of ether oxygens (including phenoxy) is 1. The molecule has 2 aromatic carbocycles. The molecule has 0 saturated carbocycles. The summed E-state index contributed by atoms with van der Waals surface area (Å²) >= 11 is 6.03. The standard InChI is InChI=1S/C22H20ClN5O3/c1-3-27(13-19-24-17-11-14(23)9-10-16(17)21(29)25-19)22(30)20-18(31-2)12-28(26-20)15-7-5-4-6-8-15/h4-12H,3,13H2,1-2H3,(H,24,25,29). The minimum absolute atomic E-state index is 0.106. The molecule has 1 amide bonds. The fraction of sp³-hybridized carbons (Fsp3) is 0.182. The van der Waals surface area contributed by atoms with E-state index in [1.165, 1.54) is 12.0 Å². The molecule has 0 radical (unpaired) electrons. The summed E-state index contributed by atoms with van der Waals surface area (Å²) in [5.41, 5.74) is 1.17. The number of amides is 1. The van der Waals surface area contributed by atoms with Crippen molar-refractivity contribution in [2.24, 2.45) is 0 Å². The average Bonchev–Trinajstić information content (AvgIpc) is 3.22. The van der Waals surface area contributed by atoms with Crippen LogP contribution in [0.4, 0.5) is 0 Å². The Bertz CT molecular complexity index is 1300. The molecule has 4 rings (SSSR count). The Kier molecular flexibility index (Phi) is 5.73. The molecule has 0 saturated heterocycles. The molecule has 2 aromatic heterocycles. The van der Waals surface area contributed by atoms with Crippen molar-refractivity contribution >= 4 is 28.4 Å². The Hall–Kier alpha value is -3.65. The van der Waals surface area contributed by atoms with Gasteiger partial charge in [0.25, 0.3) is 11.5 Å². The van der Waals surface area contributed by atoms with Gasteiger partial charge in [-0.15, -0.1) is 0 Å². The lowest BCUT2D eigenvalue weighted by molar-refractivity contribution is 0.0738. The highest BCUT2D eigenvalue weighted by molar-refractivity contribution is 6.31. The van der Waals surface area contributed by atoms with E-state index in [1.807, 2.05) is 37.3 Å². The fourth-order valence-corrected chi connectivity index (χ4v) is 3.43. The second-order valence-corrected chi connectivity index (χ2v) is 7.26. The summed E-state index contributed by atoms with van der Waals surface area (Å²) in [5, 5.41) is 5.35. The van der Waals surface area contributed by atoms with Gasteiger partial charge in [0.2, 0.25) is 0 Å². The van der Waals surface area contributed by atoms with E-state index >= 15 is 0 Å². The Morgan fingerprint density at radius 3 is 2.71 bits per heavy atom. The van der Waals surface area contributed by atoms with Crippen LogP contribution in [0.1, 0.15) is 23.2 Å². The molecule has 0 aliphatic heterocycles. The van der Waals surface area contributed by atoms with Gasteiger partial charge in [0.05, 0.1) is 36.4 Å². The first-order chi connectivity index (χ1) is 15.0. The van der Waals surface area contributed by atoms with E-state index in [2.05, 4.69) is 15.1 Å². The maximum atomic E-state index is 13.2. The fourth-order valence-electron chi connectivity index (χ4n) is 3.26. The normalized spacial score (nSPS) is 10.9. The van der Waals surface area contributed by atoms with Crippen LogP contribution in [-0.4, -0.2) is 44.2 Å². The van der Waals surface area contributed by atoms with Crippen molar-refractivity contribution in [1.29, 1.82) is 0 Å². The highest BCUT2D eigenvalue weighted by atomic mass is 35.5. The molecule has 2 heterocycles. The van der Waals surface area contributed by atoms with Gasteiger partial charge in [0.1, 0.15) is 5.82 Å². The highest BCUT2D eigenvalue weighted by Crippen LogP contribution is 2.22. The molecule has 1 N–H and O–H groups in total. The van der Waals surface area contributed by atoms with Crippen LogP contribution in [0, 0.1) is 0 Å². The number of carbonyl (C=O) groups excluding carboxylic acids is 1. The number of carbonyl (C=O) groups is 1. The number of para-hydroxylation sites is 1. The quantitative estimate of drug-likeness (QED) is 0.498.